The minimum Gasteiger partial charge on any atom is -0.497 e. The zero-order valence-corrected chi connectivity index (χ0v) is 11.7. The number of nitrogens with one attached hydrogen (secondary N) is 1. The summed E-state index contributed by atoms with van der Waals surface area (Å²) in [6.07, 6.45) is 2.34. The molecule has 20 heavy (non-hydrogen) atoms. The molecule has 6 nitrogen and oxygen atoms in total. The molecule has 0 aliphatic heterocycles. The SMILES string of the molecule is COc1ccc(F)c(S(=O)(=O)Nc2cnc(Cl)nc2)c1. The normalized spacial score (nSPS) is 11.2. The lowest BCUT2D eigenvalue weighted by Gasteiger charge is -2.09. The molecule has 0 spiro atoms. The van der Waals surface area contributed by atoms with E-state index in [9.17, 15) is 12.8 Å². The van der Waals surface area contributed by atoms with Gasteiger partial charge in [-0.2, -0.15) is 0 Å². The first-order chi connectivity index (χ1) is 9.42. The van der Waals surface area contributed by atoms with Gasteiger partial charge in [0.05, 0.1) is 25.2 Å². The molecular weight excluding hydrogens is 309 g/mol. The van der Waals surface area contributed by atoms with E-state index in [-0.39, 0.29) is 16.7 Å². The number of hydrogen-bond acceptors (Lipinski definition) is 5. The summed E-state index contributed by atoms with van der Waals surface area (Å²) in [5.41, 5.74) is 0.0663. The summed E-state index contributed by atoms with van der Waals surface area (Å²) in [6.45, 7) is 0. The van der Waals surface area contributed by atoms with Crippen molar-refractivity contribution in [3.8, 4) is 5.75 Å². The van der Waals surface area contributed by atoms with Crippen LogP contribution in [0.15, 0.2) is 35.5 Å². The summed E-state index contributed by atoms with van der Waals surface area (Å²) in [4.78, 5) is 6.71. The van der Waals surface area contributed by atoms with Crippen molar-refractivity contribution in [3.63, 3.8) is 0 Å². The van der Waals surface area contributed by atoms with Crippen LogP contribution in [0, 0.1) is 5.82 Å². The van der Waals surface area contributed by atoms with Gasteiger partial charge in [0, 0.05) is 6.07 Å². The van der Waals surface area contributed by atoms with Gasteiger partial charge in [-0.3, -0.25) is 4.72 Å². The molecule has 0 unspecified atom stereocenters. The molecule has 2 aromatic rings. The van der Waals surface area contributed by atoms with Gasteiger partial charge in [0.25, 0.3) is 10.0 Å². The Balaban J connectivity index is 2.37. The van der Waals surface area contributed by atoms with Crippen molar-refractivity contribution in [1.82, 2.24) is 9.97 Å². The highest BCUT2D eigenvalue weighted by molar-refractivity contribution is 7.92. The van der Waals surface area contributed by atoms with E-state index < -0.39 is 20.7 Å². The third-order valence-electron chi connectivity index (χ3n) is 2.30. The summed E-state index contributed by atoms with van der Waals surface area (Å²) in [5.74, 6) is -0.674. The summed E-state index contributed by atoms with van der Waals surface area (Å²) in [6, 6.07) is 3.40. The second-order valence-corrected chi connectivity index (χ2v) is 5.63. The molecule has 1 aromatic heterocycles. The van der Waals surface area contributed by atoms with Crippen molar-refractivity contribution in [2.45, 2.75) is 4.90 Å². The van der Waals surface area contributed by atoms with Crippen LogP contribution >= 0.6 is 11.6 Å². The standard InChI is InChI=1S/C11H9ClFN3O3S/c1-19-8-2-3-9(13)10(4-8)20(17,18)16-7-5-14-11(12)15-6-7/h2-6,16H,1H3. The second kappa shape index (κ2) is 5.59. The van der Waals surface area contributed by atoms with E-state index in [1.165, 1.54) is 25.6 Å². The number of aromatic nitrogens is 2. The second-order valence-electron chi connectivity index (χ2n) is 3.64. The van der Waals surface area contributed by atoms with E-state index in [1.54, 1.807) is 0 Å². The van der Waals surface area contributed by atoms with Gasteiger partial charge in [-0.05, 0) is 23.7 Å². The number of methoxy groups -OCH3 is 1. The van der Waals surface area contributed by atoms with Crippen molar-refractivity contribution in [3.05, 3.63) is 41.7 Å². The topological polar surface area (TPSA) is 81.2 Å². The van der Waals surface area contributed by atoms with E-state index in [2.05, 4.69) is 14.7 Å². The molecule has 0 saturated heterocycles. The van der Waals surface area contributed by atoms with Crippen LogP contribution in [-0.4, -0.2) is 25.5 Å². The Kier molecular flexibility index (Phi) is 4.05. The van der Waals surface area contributed by atoms with Crippen molar-refractivity contribution in [2.24, 2.45) is 0 Å². The van der Waals surface area contributed by atoms with Gasteiger partial charge in [0.15, 0.2) is 0 Å². The third-order valence-corrected chi connectivity index (χ3v) is 3.89. The number of hydrogen-bond donors (Lipinski definition) is 1. The van der Waals surface area contributed by atoms with E-state index in [0.717, 1.165) is 12.1 Å². The highest BCUT2D eigenvalue weighted by atomic mass is 35.5. The number of ether oxygens (including phenoxy) is 1. The number of anilines is 1. The number of halogens is 2. The highest BCUT2D eigenvalue weighted by Gasteiger charge is 2.20. The fourth-order valence-electron chi connectivity index (χ4n) is 1.39. The van der Waals surface area contributed by atoms with Crippen LogP contribution in [0.4, 0.5) is 10.1 Å². The van der Waals surface area contributed by atoms with E-state index in [1.807, 2.05) is 0 Å². The van der Waals surface area contributed by atoms with Gasteiger partial charge >= 0.3 is 0 Å². The van der Waals surface area contributed by atoms with Gasteiger partial charge in [0.1, 0.15) is 16.5 Å². The average Bonchev–Trinajstić information content (AvgIpc) is 2.41. The average molecular weight is 318 g/mol. The summed E-state index contributed by atoms with van der Waals surface area (Å²) >= 11 is 5.49. The molecule has 0 bridgehead atoms. The zero-order chi connectivity index (χ0) is 14.8. The molecule has 1 heterocycles. The molecule has 0 amide bonds. The Bertz CT molecular complexity index is 722. The van der Waals surface area contributed by atoms with Crippen LogP contribution in [0.2, 0.25) is 5.28 Å². The summed E-state index contributed by atoms with van der Waals surface area (Å²) < 4.78 is 44.8. The number of nitrogens with zero attached hydrogens (tertiary/aromatic N) is 2. The maximum atomic E-state index is 13.6. The van der Waals surface area contributed by atoms with Crippen molar-refractivity contribution in [1.29, 1.82) is 0 Å². The monoisotopic (exact) mass is 317 g/mol. The van der Waals surface area contributed by atoms with Crippen LogP contribution in [0.25, 0.3) is 0 Å². The van der Waals surface area contributed by atoms with Gasteiger partial charge in [-0.25, -0.2) is 22.8 Å². The molecule has 0 aliphatic carbocycles. The molecule has 0 fully saturated rings. The molecule has 0 saturated carbocycles. The minimum absolute atomic E-state index is 0.0273. The Morgan fingerprint density at radius 1 is 1.30 bits per heavy atom. The van der Waals surface area contributed by atoms with Crippen LogP contribution in [-0.2, 0) is 10.0 Å². The number of sulfonamides is 1. The predicted molar refractivity (Wildman–Crippen MR) is 70.8 cm³/mol. The molecule has 1 N–H and O–H groups in total. The lowest BCUT2D eigenvalue weighted by atomic mass is 10.3. The van der Waals surface area contributed by atoms with Gasteiger partial charge in [-0.1, -0.05) is 0 Å². The summed E-state index contributed by atoms with van der Waals surface area (Å²) in [5, 5.41) is -0.0273. The Morgan fingerprint density at radius 3 is 2.55 bits per heavy atom. The van der Waals surface area contributed by atoms with Crippen LogP contribution in [0.3, 0.4) is 0 Å². The molecular formula is C11H9ClFN3O3S. The van der Waals surface area contributed by atoms with Crippen LogP contribution < -0.4 is 9.46 Å². The molecule has 1 aromatic carbocycles. The Morgan fingerprint density at radius 2 is 1.95 bits per heavy atom. The molecule has 2 rings (SSSR count). The van der Waals surface area contributed by atoms with Crippen LogP contribution in [0.5, 0.6) is 5.75 Å². The first kappa shape index (κ1) is 14.5. The van der Waals surface area contributed by atoms with E-state index in [0.29, 0.717) is 0 Å². The Hall–Kier alpha value is -1.93. The largest absolute Gasteiger partial charge is 0.497 e. The lowest BCUT2D eigenvalue weighted by molar-refractivity contribution is 0.411. The molecule has 9 heteroatoms. The van der Waals surface area contributed by atoms with Gasteiger partial charge in [0.2, 0.25) is 5.28 Å². The van der Waals surface area contributed by atoms with E-state index >= 15 is 0 Å². The zero-order valence-electron chi connectivity index (χ0n) is 10.2. The van der Waals surface area contributed by atoms with Crippen molar-refractivity contribution >= 4 is 27.3 Å². The minimum atomic E-state index is -4.12. The quantitative estimate of drug-likeness (QED) is 0.873. The fraction of sp³-hybridized carbons (Fsp3) is 0.0909. The van der Waals surface area contributed by atoms with Gasteiger partial charge in [-0.15, -0.1) is 0 Å². The molecule has 0 aliphatic rings. The maximum Gasteiger partial charge on any atom is 0.265 e. The molecule has 0 atom stereocenters. The Labute approximate surface area is 119 Å². The lowest BCUT2D eigenvalue weighted by Crippen LogP contribution is -2.15. The smallest absolute Gasteiger partial charge is 0.265 e. The van der Waals surface area contributed by atoms with Crippen molar-refractivity contribution < 1.29 is 17.5 Å². The number of rotatable bonds is 4. The van der Waals surface area contributed by atoms with Crippen LogP contribution in [0.1, 0.15) is 0 Å². The highest BCUT2D eigenvalue weighted by Crippen LogP contribution is 2.23. The fourth-order valence-corrected chi connectivity index (χ4v) is 2.61. The maximum absolute atomic E-state index is 13.6. The molecule has 0 radical (unpaired) electrons. The third kappa shape index (κ3) is 3.14. The predicted octanol–water partition coefficient (Wildman–Crippen LogP) is 2.08. The van der Waals surface area contributed by atoms with Gasteiger partial charge < -0.3 is 4.74 Å². The number of benzene rings is 1. The molecule has 106 valence electrons. The van der Waals surface area contributed by atoms with E-state index in [4.69, 9.17) is 16.3 Å². The first-order valence-corrected chi connectivity index (χ1v) is 7.12. The summed E-state index contributed by atoms with van der Waals surface area (Å²) in [7, 11) is -2.77. The van der Waals surface area contributed by atoms with Crippen molar-refractivity contribution in [2.75, 3.05) is 11.8 Å². The first-order valence-electron chi connectivity index (χ1n) is 5.26.